The Morgan fingerprint density at radius 3 is 2.33 bits per heavy atom. The monoisotopic (exact) mass is 429 g/mol. The van der Waals surface area contributed by atoms with Crippen molar-refractivity contribution in [2.45, 2.75) is 13.0 Å². The maximum atomic E-state index is 12.6. The van der Waals surface area contributed by atoms with Crippen LogP contribution in [0.2, 0.25) is 5.02 Å². The first kappa shape index (κ1) is 16.5. The van der Waals surface area contributed by atoms with Crippen LogP contribution in [0.3, 0.4) is 0 Å². The molecule has 0 fully saturated rings. The van der Waals surface area contributed by atoms with Crippen LogP contribution in [0.15, 0.2) is 51.4 Å². The second-order valence-electron chi connectivity index (χ2n) is 4.81. The summed E-state index contributed by atoms with van der Waals surface area (Å²) in [5.41, 5.74) is 1.64. The molecule has 2 aromatic rings. The number of hydrogen-bond acceptors (Lipinski definition) is 1. The van der Waals surface area contributed by atoms with Crippen LogP contribution in [-0.4, -0.2) is 17.9 Å². The lowest BCUT2D eigenvalue weighted by Gasteiger charge is -2.25. The van der Waals surface area contributed by atoms with E-state index >= 15 is 0 Å². The third kappa shape index (κ3) is 4.09. The van der Waals surface area contributed by atoms with Crippen molar-refractivity contribution in [2.24, 2.45) is 0 Å². The number of halogens is 3. The van der Waals surface area contributed by atoms with Gasteiger partial charge in [0.15, 0.2) is 0 Å². The second-order valence-corrected chi connectivity index (χ2v) is 7.07. The number of rotatable bonds is 3. The van der Waals surface area contributed by atoms with Gasteiger partial charge >= 0.3 is 0 Å². The van der Waals surface area contributed by atoms with Gasteiger partial charge in [0.25, 0.3) is 5.91 Å². The summed E-state index contributed by atoms with van der Waals surface area (Å²) in [7, 11) is 1.79. The molecular formula is C16H14Br2ClNO. The van der Waals surface area contributed by atoms with Crippen LogP contribution in [0.4, 0.5) is 0 Å². The van der Waals surface area contributed by atoms with Gasteiger partial charge in [-0.3, -0.25) is 4.79 Å². The lowest BCUT2D eigenvalue weighted by atomic mass is 10.1. The van der Waals surface area contributed by atoms with Gasteiger partial charge in [0.05, 0.1) is 6.04 Å². The molecule has 0 aliphatic carbocycles. The molecule has 2 nitrogen and oxygen atoms in total. The summed E-state index contributed by atoms with van der Waals surface area (Å²) in [5, 5.41) is 0.672. The SMILES string of the molecule is CC(c1cccc(Cl)c1)N(C)C(=O)c1cc(Br)cc(Br)c1. The fourth-order valence-corrected chi connectivity index (χ4v) is 3.54. The zero-order valence-electron chi connectivity index (χ0n) is 11.6. The molecule has 2 rings (SSSR count). The van der Waals surface area contributed by atoms with Gasteiger partial charge in [-0.15, -0.1) is 0 Å². The molecule has 0 N–H and O–H groups in total. The highest BCUT2D eigenvalue weighted by molar-refractivity contribution is 9.11. The molecule has 0 saturated heterocycles. The number of hydrogen-bond donors (Lipinski definition) is 0. The number of amides is 1. The Balaban J connectivity index is 2.26. The summed E-state index contributed by atoms with van der Waals surface area (Å²) in [6, 6.07) is 13.0. The molecule has 0 heterocycles. The zero-order valence-corrected chi connectivity index (χ0v) is 15.5. The predicted octanol–water partition coefficient (Wildman–Crippen LogP) is 5.70. The zero-order chi connectivity index (χ0) is 15.6. The summed E-state index contributed by atoms with van der Waals surface area (Å²) in [6.45, 7) is 1.98. The van der Waals surface area contributed by atoms with E-state index in [0.29, 0.717) is 10.6 Å². The lowest BCUT2D eigenvalue weighted by Crippen LogP contribution is -2.29. The van der Waals surface area contributed by atoms with Gasteiger partial charge in [0.2, 0.25) is 0 Å². The van der Waals surface area contributed by atoms with Crippen molar-refractivity contribution >= 4 is 49.4 Å². The van der Waals surface area contributed by atoms with E-state index in [1.54, 1.807) is 11.9 Å². The van der Waals surface area contributed by atoms with Crippen molar-refractivity contribution in [3.63, 3.8) is 0 Å². The Labute approximate surface area is 146 Å². The maximum absolute atomic E-state index is 12.6. The minimum atomic E-state index is -0.0612. The third-order valence-electron chi connectivity index (χ3n) is 3.34. The van der Waals surface area contributed by atoms with E-state index in [0.717, 1.165) is 14.5 Å². The van der Waals surface area contributed by atoms with Crippen LogP contribution in [0.1, 0.15) is 28.9 Å². The van der Waals surface area contributed by atoms with Crippen molar-refractivity contribution < 1.29 is 4.79 Å². The fourth-order valence-electron chi connectivity index (χ4n) is 2.05. The Morgan fingerprint density at radius 1 is 1.14 bits per heavy atom. The molecular weight excluding hydrogens is 417 g/mol. The van der Waals surface area contributed by atoms with Gasteiger partial charge in [-0.05, 0) is 42.8 Å². The van der Waals surface area contributed by atoms with E-state index in [1.807, 2.05) is 49.4 Å². The van der Waals surface area contributed by atoms with Crippen molar-refractivity contribution in [3.8, 4) is 0 Å². The van der Waals surface area contributed by atoms with Gasteiger partial charge in [-0.25, -0.2) is 0 Å². The van der Waals surface area contributed by atoms with Crippen LogP contribution in [0.25, 0.3) is 0 Å². The van der Waals surface area contributed by atoms with E-state index in [-0.39, 0.29) is 11.9 Å². The molecule has 2 aromatic carbocycles. The Morgan fingerprint density at radius 2 is 1.76 bits per heavy atom. The molecule has 0 aromatic heterocycles. The molecule has 0 radical (unpaired) electrons. The highest BCUT2D eigenvalue weighted by atomic mass is 79.9. The quantitative estimate of drug-likeness (QED) is 0.611. The number of carbonyl (C=O) groups excluding carboxylic acids is 1. The average Bonchev–Trinajstić information content (AvgIpc) is 2.44. The van der Waals surface area contributed by atoms with Crippen molar-refractivity contribution in [1.82, 2.24) is 4.90 Å². The van der Waals surface area contributed by atoms with E-state index in [1.165, 1.54) is 0 Å². The first-order valence-electron chi connectivity index (χ1n) is 6.37. The van der Waals surface area contributed by atoms with E-state index in [4.69, 9.17) is 11.6 Å². The van der Waals surface area contributed by atoms with Crippen LogP contribution in [0, 0.1) is 0 Å². The van der Waals surface area contributed by atoms with E-state index in [9.17, 15) is 4.79 Å². The summed E-state index contributed by atoms with van der Waals surface area (Å²) in [4.78, 5) is 14.3. The van der Waals surface area contributed by atoms with Gasteiger partial charge in [-0.2, -0.15) is 0 Å². The first-order valence-corrected chi connectivity index (χ1v) is 8.33. The number of nitrogens with zero attached hydrogens (tertiary/aromatic N) is 1. The predicted molar refractivity (Wildman–Crippen MR) is 93.8 cm³/mol. The second kappa shape index (κ2) is 6.95. The normalized spacial score (nSPS) is 12.0. The fraction of sp³-hybridized carbons (Fsp3) is 0.188. The third-order valence-corrected chi connectivity index (χ3v) is 4.49. The van der Waals surface area contributed by atoms with Crippen molar-refractivity contribution in [2.75, 3.05) is 7.05 Å². The molecule has 1 atom stereocenters. The molecule has 5 heteroatoms. The topological polar surface area (TPSA) is 20.3 Å². The van der Waals surface area contributed by atoms with Crippen molar-refractivity contribution in [1.29, 1.82) is 0 Å². The van der Waals surface area contributed by atoms with Crippen LogP contribution >= 0.6 is 43.5 Å². The first-order chi connectivity index (χ1) is 9.88. The smallest absolute Gasteiger partial charge is 0.254 e. The van der Waals surface area contributed by atoms with Gasteiger partial charge < -0.3 is 4.90 Å². The molecule has 0 spiro atoms. The lowest BCUT2D eigenvalue weighted by molar-refractivity contribution is 0.0742. The van der Waals surface area contributed by atoms with Gasteiger partial charge in [0, 0.05) is 26.6 Å². The Kier molecular flexibility index (Phi) is 5.47. The van der Waals surface area contributed by atoms with Crippen LogP contribution in [0.5, 0.6) is 0 Å². The maximum Gasteiger partial charge on any atom is 0.254 e. The molecule has 1 amide bonds. The molecule has 0 aliphatic rings. The Hall–Kier alpha value is -0.840. The molecule has 1 unspecified atom stereocenters. The Bertz CT molecular complexity index is 655. The van der Waals surface area contributed by atoms with E-state index < -0.39 is 0 Å². The van der Waals surface area contributed by atoms with Crippen molar-refractivity contribution in [3.05, 3.63) is 67.6 Å². The van der Waals surface area contributed by atoms with Gasteiger partial charge in [0.1, 0.15) is 0 Å². The molecule has 0 aliphatic heterocycles. The van der Waals surface area contributed by atoms with Crippen LogP contribution in [-0.2, 0) is 0 Å². The minimum absolute atomic E-state index is 0.0375. The summed E-state index contributed by atoms with van der Waals surface area (Å²) in [5.74, 6) is -0.0375. The van der Waals surface area contributed by atoms with Crippen LogP contribution < -0.4 is 0 Å². The standard InChI is InChI=1S/C16H14Br2ClNO/c1-10(11-4-3-5-15(19)8-11)20(2)16(21)12-6-13(17)9-14(18)7-12/h3-10H,1-2H3. The molecule has 0 saturated carbocycles. The molecule has 110 valence electrons. The highest BCUT2D eigenvalue weighted by Gasteiger charge is 2.19. The number of benzene rings is 2. The van der Waals surface area contributed by atoms with E-state index in [2.05, 4.69) is 31.9 Å². The molecule has 0 bridgehead atoms. The summed E-state index contributed by atoms with van der Waals surface area (Å²) in [6.07, 6.45) is 0. The van der Waals surface area contributed by atoms with Gasteiger partial charge in [-0.1, -0.05) is 55.6 Å². The summed E-state index contributed by atoms with van der Waals surface area (Å²) < 4.78 is 1.73. The minimum Gasteiger partial charge on any atom is -0.335 e. The molecule has 21 heavy (non-hydrogen) atoms. The highest BCUT2D eigenvalue weighted by Crippen LogP contribution is 2.25. The average molecular weight is 432 g/mol. The number of carbonyl (C=O) groups is 1. The largest absolute Gasteiger partial charge is 0.335 e. The summed E-state index contributed by atoms with van der Waals surface area (Å²) >= 11 is 12.8.